The quantitative estimate of drug-likeness (QED) is 0.570. The minimum Gasteiger partial charge on any atom is -0.497 e. The van der Waals surface area contributed by atoms with Crippen LogP contribution in [0, 0.1) is 0 Å². The molecule has 33 heavy (non-hydrogen) atoms. The van der Waals surface area contributed by atoms with Crippen LogP contribution in [0.4, 0.5) is 4.79 Å². The second-order valence-corrected chi connectivity index (χ2v) is 7.88. The lowest BCUT2D eigenvalue weighted by molar-refractivity contribution is -0.146. The van der Waals surface area contributed by atoms with Gasteiger partial charge in [0.15, 0.2) is 6.04 Å². The van der Waals surface area contributed by atoms with Gasteiger partial charge in [0, 0.05) is 37.5 Å². The number of nitrogens with zero attached hydrogens (tertiary/aromatic N) is 4. The first-order chi connectivity index (χ1) is 16.0. The van der Waals surface area contributed by atoms with Gasteiger partial charge in [-0.05, 0) is 37.1 Å². The van der Waals surface area contributed by atoms with E-state index >= 15 is 0 Å². The van der Waals surface area contributed by atoms with E-state index in [1.54, 1.807) is 12.0 Å². The second-order valence-electron chi connectivity index (χ2n) is 7.88. The number of aryl methyl sites for hydroxylation is 1. The molecule has 2 amide bonds. The van der Waals surface area contributed by atoms with Gasteiger partial charge in [0.1, 0.15) is 12.4 Å². The zero-order chi connectivity index (χ0) is 23.4. The summed E-state index contributed by atoms with van der Waals surface area (Å²) in [4.78, 5) is 44.3. The van der Waals surface area contributed by atoms with Gasteiger partial charge in [-0.25, -0.2) is 9.59 Å². The van der Waals surface area contributed by atoms with E-state index in [9.17, 15) is 14.4 Å². The topological polar surface area (TPSA) is 124 Å². The molecule has 2 aromatic rings. The Morgan fingerprint density at radius 3 is 2.55 bits per heavy atom. The van der Waals surface area contributed by atoms with Crippen LogP contribution in [0.5, 0.6) is 5.75 Å². The number of benzene rings is 1. The largest absolute Gasteiger partial charge is 0.497 e. The number of likely N-dealkylation sites (tertiary alicyclic amines) is 1. The smallest absolute Gasteiger partial charge is 0.410 e. The van der Waals surface area contributed by atoms with Crippen LogP contribution in [-0.2, 0) is 25.5 Å². The second kappa shape index (κ2) is 9.88. The molecule has 0 N–H and O–H groups in total. The van der Waals surface area contributed by atoms with Gasteiger partial charge in [-0.15, -0.1) is 0 Å². The van der Waals surface area contributed by atoms with Gasteiger partial charge in [-0.2, -0.15) is 4.98 Å². The molecule has 0 aliphatic carbocycles. The number of hydrogen-bond acceptors (Lipinski definition) is 9. The molecule has 1 aromatic heterocycles. The lowest BCUT2D eigenvalue weighted by Crippen LogP contribution is -2.52. The summed E-state index contributed by atoms with van der Waals surface area (Å²) in [6.07, 6.45) is 1.20. The minimum atomic E-state index is -0.729. The number of esters is 1. The van der Waals surface area contributed by atoms with E-state index in [1.165, 1.54) is 12.0 Å². The Morgan fingerprint density at radius 1 is 1.15 bits per heavy atom. The summed E-state index contributed by atoms with van der Waals surface area (Å²) in [6, 6.07) is 6.40. The highest BCUT2D eigenvalue weighted by atomic mass is 16.6. The highest BCUT2D eigenvalue weighted by molar-refractivity contribution is 5.84. The van der Waals surface area contributed by atoms with Crippen LogP contribution >= 0.6 is 0 Å². The summed E-state index contributed by atoms with van der Waals surface area (Å²) in [5.41, 5.74) is 0.796. The maximum atomic E-state index is 12.7. The predicted molar refractivity (Wildman–Crippen MR) is 113 cm³/mol. The first-order valence-electron chi connectivity index (χ1n) is 10.8. The average molecular weight is 458 g/mol. The molecule has 11 nitrogen and oxygen atoms in total. The summed E-state index contributed by atoms with van der Waals surface area (Å²) in [7, 11) is 2.88. The fourth-order valence-corrected chi connectivity index (χ4v) is 4.13. The molecule has 1 unspecified atom stereocenters. The van der Waals surface area contributed by atoms with Crippen LogP contribution < -0.4 is 4.74 Å². The molecule has 4 rings (SSSR count). The van der Waals surface area contributed by atoms with Crippen molar-refractivity contribution in [1.29, 1.82) is 0 Å². The lowest BCUT2D eigenvalue weighted by Gasteiger charge is -2.37. The van der Waals surface area contributed by atoms with Crippen LogP contribution in [0.1, 0.15) is 25.2 Å². The molecular formula is C22H26N4O7. The summed E-state index contributed by atoms with van der Waals surface area (Å²) in [5, 5.41) is 3.98. The van der Waals surface area contributed by atoms with Crippen molar-refractivity contribution in [2.45, 2.75) is 37.8 Å². The normalized spacial score (nSPS) is 18.8. The fourth-order valence-electron chi connectivity index (χ4n) is 4.13. The number of ether oxygens (including phenoxy) is 3. The first-order valence-corrected chi connectivity index (χ1v) is 10.8. The third kappa shape index (κ3) is 4.91. The molecule has 176 valence electrons. The third-order valence-electron chi connectivity index (χ3n) is 5.96. The SMILES string of the molecule is COC(=O)C1COC(=O)N1C1CCN(C(=O)CCc2nc(-c3ccc(OC)cc3)no2)CC1. The Balaban J connectivity index is 1.27. The first kappa shape index (κ1) is 22.6. The molecule has 0 radical (unpaired) electrons. The average Bonchev–Trinajstić information content (AvgIpc) is 3.49. The summed E-state index contributed by atoms with van der Waals surface area (Å²) in [5.74, 6) is 1.07. The molecule has 0 saturated carbocycles. The van der Waals surface area contributed by atoms with E-state index < -0.39 is 18.1 Å². The number of cyclic esters (lactones) is 1. The molecule has 3 heterocycles. The van der Waals surface area contributed by atoms with Gasteiger partial charge >= 0.3 is 12.1 Å². The Morgan fingerprint density at radius 2 is 1.88 bits per heavy atom. The van der Waals surface area contributed by atoms with Gasteiger partial charge < -0.3 is 23.6 Å². The van der Waals surface area contributed by atoms with Crippen LogP contribution in [-0.4, -0.2) is 83.9 Å². The Kier molecular flexibility index (Phi) is 6.76. The van der Waals surface area contributed by atoms with Crippen LogP contribution in [0.25, 0.3) is 11.4 Å². The number of rotatable bonds is 7. The van der Waals surface area contributed by atoms with Gasteiger partial charge in [0.25, 0.3) is 0 Å². The molecule has 0 bridgehead atoms. The molecule has 2 aliphatic heterocycles. The van der Waals surface area contributed by atoms with Crippen molar-refractivity contribution < 1.29 is 33.1 Å². The van der Waals surface area contributed by atoms with E-state index in [0.29, 0.717) is 44.1 Å². The number of amides is 2. The van der Waals surface area contributed by atoms with E-state index in [-0.39, 0.29) is 25.0 Å². The van der Waals surface area contributed by atoms with Crippen LogP contribution in [0.15, 0.2) is 28.8 Å². The van der Waals surface area contributed by atoms with E-state index in [2.05, 4.69) is 10.1 Å². The monoisotopic (exact) mass is 458 g/mol. The van der Waals surface area contributed by atoms with E-state index in [0.717, 1.165) is 11.3 Å². The van der Waals surface area contributed by atoms with Crippen molar-refractivity contribution in [2.75, 3.05) is 33.9 Å². The lowest BCUT2D eigenvalue weighted by atomic mass is 10.0. The van der Waals surface area contributed by atoms with Crippen molar-refractivity contribution in [3.63, 3.8) is 0 Å². The molecule has 2 fully saturated rings. The Bertz CT molecular complexity index is 998. The highest BCUT2D eigenvalue weighted by Crippen LogP contribution is 2.25. The zero-order valence-corrected chi connectivity index (χ0v) is 18.6. The third-order valence-corrected chi connectivity index (χ3v) is 5.96. The Hall–Kier alpha value is -3.63. The van der Waals surface area contributed by atoms with Crippen molar-refractivity contribution in [1.82, 2.24) is 19.9 Å². The number of piperidine rings is 1. The highest BCUT2D eigenvalue weighted by Gasteiger charge is 2.44. The van der Waals surface area contributed by atoms with Gasteiger partial charge in [0.05, 0.1) is 14.2 Å². The zero-order valence-electron chi connectivity index (χ0n) is 18.6. The van der Waals surface area contributed by atoms with Crippen LogP contribution in [0.2, 0.25) is 0 Å². The van der Waals surface area contributed by atoms with Crippen molar-refractivity contribution in [3.05, 3.63) is 30.2 Å². The maximum Gasteiger partial charge on any atom is 0.410 e. The summed E-state index contributed by atoms with van der Waals surface area (Å²) in [6.45, 7) is 0.970. The Labute approximate surface area is 190 Å². The molecule has 1 aromatic carbocycles. The molecule has 11 heteroatoms. The number of hydrogen-bond donors (Lipinski definition) is 0. The number of carbonyl (C=O) groups is 3. The minimum absolute atomic E-state index is 0.00660. The number of methoxy groups -OCH3 is 2. The van der Waals surface area contributed by atoms with E-state index in [1.807, 2.05) is 24.3 Å². The maximum absolute atomic E-state index is 12.7. The summed E-state index contributed by atoms with van der Waals surface area (Å²) < 4.78 is 20.2. The predicted octanol–water partition coefficient (Wildman–Crippen LogP) is 1.66. The molecule has 1 atom stereocenters. The van der Waals surface area contributed by atoms with Gasteiger partial charge in [-0.1, -0.05) is 5.16 Å². The van der Waals surface area contributed by atoms with Gasteiger partial charge in [-0.3, -0.25) is 9.69 Å². The fraction of sp³-hybridized carbons (Fsp3) is 0.500. The van der Waals surface area contributed by atoms with Gasteiger partial charge in [0.2, 0.25) is 17.6 Å². The molecule has 2 saturated heterocycles. The molecular weight excluding hydrogens is 432 g/mol. The molecule has 2 aliphatic rings. The van der Waals surface area contributed by atoms with Crippen molar-refractivity contribution in [3.8, 4) is 17.1 Å². The van der Waals surface area contributed by atoms with Crippen molar-refractivity contribution >= 4 is 18.0 Å². The number of carbonyl (C=O) groups excluding carboxylic acids is 3. The standard InChI is InChI=1S/C22H26N4O7/c1-30-16-5-3-14(4-6-16)20-23-18(33-24-20)7-8-19(27)25-11-9-15(10-12-25)26-17(21(28)31-2)13-32-22(26)29/h3-6,15,17H,7-13H2,1-2H3. The van der Waals surface area contributed by atoms with Crippen molar-refractivity contribution in [2.24, 2.45) is 0 Å². The summed E-state index contributed by atoms with van der Waals surface area (Å²) >= 11 is 0. The molecule has 0 spiro atoms. The van der Waals surface area contributed by atoms with E-state index in [4.69, 9.17) is 18.7 Å². The number of aromatic nitrogens is 2. The van der Waals surface area contributed by atoms with Crippen LogP contribution in [0.3, 0.4) is 0 Å².